The zero-order chi connectivity index (χ0) is 17.5. The predicted octanol–water partition coefficient (Wildman–Crippen LogP) is 4.08. The summed E-state index contributed by atoms with van der Waals surface area (Å²) in [6.07, 6.45) is 8.10. The fourth-order valence-corrected chi connectivity index (χ4v) is 3.59. The highest BCUT2D eigenvalue weighted by atomic mass is 35.5. The molecule has 0 aliphatic carbocycles. The maximum atomic E-state index is 12.5. The fraction of sp³-hybridized carbons (Fsp3) is 0.400. The van der Waals surface area contributed by atoms with E-state index in [1.807, 2.05) is 6.07 Å². The molecule has 1 aliphatic heterocycles. The lowest BCUT2D eigenvalue weighted by atomic mass is 10.0. The number of hydrogen-bond acceptors (Lipinski definition) is 3. The first-order chi connectivity index (χ1) is 12.3. The minimum atomic E-state index is -0.150. The standard InChI is InChI=1S/C20H24ClN3O/c21-18-14-22-11-10-17(18)20(25)23-15-19(16-8-4-3-5-9-16)24-12-6-1-2-7-13-24/h3-5,8-11,14,19H,1-2,6-7,12-13,15H2,(H,23,25). The summed E-state index contributed by atoms with van der Waals surface area (Å²) in [5.41, 5.74) is 1.71. The molecule has 3 rings (SSSR count). The van der Waals surface area contributed by atoms with E-state index in [2.05, 4.69) is 39.5 Å². The van der Waals surface area contributed by atoms with Gasteiger partial charge < -0.3 is 5.32 Å². The van der Waals surface area contributed by atoms with E-state index in [4.69, 9.17) is 11.6 Å². The number of nitrogens with zero attached hydrogens (tertiary/aromatic N) is 2. The molecule has 1 saturated heterocycles. The van der Waals surface area contributed by atoms with Crippen LogP contribution in [0.5, 0.6) is 0 Å². The van der Waals surface area contributed by atoms with Crippen LogP contribution >= 0.6 is 11.6 Å². The highest BCUT2D eigenvalue weighted by Gasteiger charge is 2.22. The Hall–Kier alpha value is -1.91. The van der Waals surface area contributed by atoms with E-state index in [-0.39, 0.29) is 11.9 Å². The van der Waals surface area contributed by atoms with Crippen LogP contribution in [0.2, 0.25) is 5.02 Å². The Morgan fingerprint density at radius 2 is 1.84 bits per heavy atom. The molecule has 1 amide bonds. The number of aromatic nitrogens is 1. The van der Waals surface area contributed by atoms with Gasteiger partial charge in [0, 0.05) is 18.9 Å². The van der Waals surface area contributed by atoms with Crippen molar-refractivity contribution in [2.75, 3.05) is 19.6 Å². The van der Waals surface area contributed by atoms with Crippen molar-refractivity contribution >= 4 is 17.5 Å². The van der Waals surface area contributed by atoms with Crippen LogP contribution < -0.4 is 5.32 Å². The molecule has 132 valence electrons. The van der Waals surface area contributed by atoms with Gasteiger partial charge in [-0.3, -0.25) is 14.7 Å². The average molecular weight is 358 g/mol. The summed E-state index contributed by atoms with van der Waals surface area (Å²) in [7, 11) is 0. The van der Waals surface area contributed by atoms with Gasteiger partial charge >= 0.3 is 0 Å². The lowest BCUT2D eigenvalue weighted by Gasteiger charge is -2.31. The predicted molar refractivity (Wildman–Crippen MR) is 101 cm³/mol. The Morgan fingerprint density at radius 3 is 2.52 bits per heavy atom. The summed E-state index contributed by atoms with van der Waals surface area (Å²) in [5, 5.41) is 3.44. The highest BCUT2D eigenvalue weighted by molar-refractivity contribution is 6.33. The van der Waals surface area contributed by atoms with Crippen molar-refractivity contribution < 1.29 is 4.79 Å². The molecule has 1 N–H and O–H groups in total. The van der Waals surface area contributed by atoms with Crippen molar-refractivity contribution in [1.29, 1.82) is 0 Å². The van der Waals surface area contributed by atoms with Crippen molar-refractivity contribution in [2.45, 2.75) is 31.7 Å². The first-order valence-corrected chi connectivity index (χ1v) is 9.30. The number of nitrogens with one attached hydrogen (secondary N) is 1. The summed E-state index contributed by atoms with van der Waals surface area (Å²) in [6, 6.07) is 12.3. The van der Waals surface area contributed by atoms with Gasteiger partial charge in [0.2, 0.25) is 0 Å². The maximum Gasteiger partial charge on any atom is 0.252 e. The van der Waals surface area contributed by atoms with Gasteiger partial charge in [-0.05, 0) is 37.6 Å². The maximum absolute atomic E-state index is 12.5. The van der Waals surface area contributed by atoms with Crippen LogP contribution in [0.15, 0.2) is 48.8 Å². The smallest absolute Gasteiger partial charge is 0.252 e. The van der Waals surface area contributed by atoms with Crippen LogP contribution in [0.1, 0.15) is 47.6 Å². The van der Waals surface area contributed by atoms with Crippen LogP contribution in [0.3, 0.4) is 0 Å². The second kappa shape index (κ2) is 8.97. The number of hydrogen-bond donors (Lipinski definition) is 1. The molecule has 1 aliphatic rings. The summed E-state index contributed by atoms with van der Waals surface area (Å²) in [4.78, 5) is 18.9. The van der Waals surface area contributed by atoms with Gasteiger partial charge in [0.05, 0.1) is 16.6 Å². The third-order valence-corrected chi connectivity index (χ3v) is 5.04. The van der Waals surface area contributed by atoms with Gasteiger partial charge in [-0.1, -0.05) is 54.8 Å². The molecule has 1 atom stereocenters. The molecule has 2 aromatic rings. The van der Waals surface area contributed by atoms with E-state index in [0.717, 1.165) is 13.1 Å². The second-order valence-electron chi connectivity index (χ2n) is 6.44. The SMILES string of the molecule is O=C(NCC(c1ccccc1)N1CCCCCC1)c1ccncc1Cl. The number of halogens is 1. The van der Waals surface area contributed by atoms with E-state index in [9.17, 15) is 4.79 Å². The third kappa shape index (κ3) is 4.80. The number of benzene rings is 1. The molecule has 1 aromatic heterocycles. The number of amides is 1. The summed E-state index contributed by atoms with van der Waals surface area (Å²) < 4.78 is 0. The zero-order valence-corrected chi connectivity index (χ0v) is 15.1. The molecule has 4 nitrogen and oxygen atoms in total. The average Bonchev–Trinajstić information content (AvgIpc) is 2.92. The lowest BCUT2D eigenvalue weighted by Crippen LogP contribution is -2.38. The molecule has 0 spiro atoms. The van der Waals surface area contributed by atoms with E-state index in [0.29, 0.717) is 17.1 Å². The van der Waals surface area contributed by atoms with Gasteiger partial charge in [0.1, 0.15) is 0 Å². The molecular weight excluding hydrogens is 334 g/mol. The number of likely N-dealkylation sites (tertiary alicyclic amines) is 1. The second-order valence-corrected chi connectivity index (χ2v) is 6.85. The monoisotopic (exact) mass is 357 g/mol. The van der Waals surface area contributed by atoms with Crippen molar-refractivity contribution in [3.05, 3.63) is 64.9 Å². The van der Waals surface area contributed by atoms with Crippen molar-refractivity contribution in [1.82, 2.24) is 15.2 Å². The van der Waals surface area contributed by atoms with E-state index >= 15 is 0 Å². The summed E-state index contributed by atoms with van der Waals surface area (Å²) >= 11 is 6.09. The van der Waals surface area contributed by atoms with Gasteiger partial charge in [0.15, 0.2) is 0 Å². The zero-order valence-electron chi connectivity index (χ0n) is 14.3. The normalized spacial score (nSPS) is 16.8. The third-order valence-electron chi connectivity index (χ3n) is 4.74. The van der Waals surface area contributed by atoms with E-state index < -0.39 is 0 Å². The first kappa shape index (κ1) is 17.9. The molecular formula is C20H24ClN3O. The Morgan fingerprint density at radius 1 is 1.12 bits per heavy atom. The van der Waals surface area contributed by atoms with Crippen LogP contribution in [-0.2, 0) is 0 Å². The molecule has 0 saturated carbocycles. The molecule has 1 unspecified atom stereocenters. The Labute approximate surface area is 154 Å². The van der Waals surface area contributed by atoms with E-state index in [1.54, 1.807) is 12.3 Å². The quantitative estimate of drug-likeness (QED) is 0.876. The number of carbonyl (C=O) groups excluding carboxylic acids is 1. The molecule has 1 aromatic carbocycles. The minimum absolute atomic E-state index is 0.150. The summed E-state index contributed by atoms with van der Waals surface area (Å²) in [5.74, 6) is -0.150. The number of rotatable bonds is 5. The van der Waals surface area contributed by atoms with Gasteiger partial charge in [-0.25, -0.2) is 0 Å². The van der Waals surface area contributed by atoms with Crippen molar-refractivity contribution in [3.63, 3.8) is 0 Å². The van der Waals surface area contributed by atoms with Crippen LogP contribution in [0.4, 0.5) is 0 Å². The minimum Gasteiger partial charge on any atom is -0.350 e. The number of carbonyl (C=O) groups is 1. The topological polar surface area (TPSA) is 45.2 Å². The Balaban J connectivity index is 1.73. The van der Waals surface area contributed by atoms with Crippen LogP contribution in [-0.4, -0.2) is 35.4 Å². The fourth-order valence-electron chi connectivity index (χ4n) is 3.38. The molecule has 0 radical (unpaired) electrons. The van der Waals surface area contributed by atoms with Crippen LogP contribution in [0.25, 0.3) is 0 Å². The highest BCUT2D eigenvalue weighted by Crippen LogP contribution is 2.24. The summed E-state index contributed by atoms with van der Waals surface area (Å²) in [6.45, 7) is 2.72. The molecule has 25 heavy (non-hydrogen) atoms. The largest absolute Gasteiger partial charge is 0.350 e. The first-order valence-electron chi connectivity index (χ1n) is 8.92. The lowest BCUT2D eigenvalue weighted by molar-refractivity contribution is 0.0933. The molecule has 5 heteroatoms. The van der Waals surface area contributed by atoms with Gasteiger partial charge in [0.25, 0.3) is 5.91 Å². The molecule has 0 bridgehead atoms. The molecule has 2 heterocycles. The number of pyridine rings is 1. The Kier molecular flexibility index (Phi) is 6.42. The van der Waals surface area contributed by atoms with Crippen molar-refractivity contribution in [2.24, 2.45) is 0 Å². The van der Waals surface area contributed by atoms with Gasteiger partial charge in [-0.15, -0.1) is 0 Å². The molecule has 1 fully saturated rings. The van der Waals surface area contributed by atoms with Crippen LogP contribution in [0, 0.1) is 0 Å². The van der Waals surface area contributed by atoms with Gasteiger partial charge in [-0.2, -0.15) is 0 Å². The van der Waals surface area contributed by atoms with E-state index in [1.165, 1.54) is 37.4 Å². The Bertz CT molecular complexity index is 684. The van der Waals surface area contributed by atoms with Crippen molar-refractivity contribution in [3.8, 4) is 0 Å².